The minimum absolute atomic E-state index is 0.631. The molecule has 0 aliphatic heterocycles. The van der Waals surface area contributed by atoms with E-state index in [4.69, 9.17) is 10.5 Å². The van der Waals surface area contributed by atoms with E-state index in [2.05, 4.69) is 15.4 Å². The van der Waals surface area contributed by atoms with Crippen LogP contribution in [0.4, 0.5) is 17.2 Å². The minimum Gasteiger partial charge on any atom is -0.396 e. The van der Waals surface area contributed by atoms with Gasteiger partial charge in [-0.15, -0.1) is 0 Å². The van der Waals surface area contributed by atoms with Gasteiger partial charge in [-0.25, -0.2) is 4.98 Å². The molecule has 96 valence electrons. The van der Waals surface area contributed by atoms with Crippen molar-refractivity contribution in [2.75, 3.05) is 24.8 Å². The lowest BCUT2D eigenvalue weighted by Gasteiger charge is -2.07. The molecule has 0 saturated carbocycles. The van der Waals surface area contributed by atoms with Gasteiger partial charge in [0.15, 0.2) is 5.82 Å². The van der Waals surface area contributed by atoms with Crippen LogP contribution in [0, 0.1) is 6.92 Å². The molecule has 0 saturated heterocycles. The average Bonchev–Trinajstić information content (AvgIpc) is 2.80. The summed E-state index contributed by atoms with van der Waals surface area (Å²) in [5.74, 6) is 0.654. The first-order chi connectivity index (χ1) is 8.70. The van der Waals surface area contributed by atoms with Crippen molar-refractivity contribution in [2.45, 2.75) is 13.5 Å². The van der Waals surface area contributed by atoms with Gasteiger partial charge in [-0.05, 0) is 18.6 Å². The molecule has 0 radical (unpaired) electrons. The van der Waals surface area contributed by atoms with Crippen LogP contribution in [0.2, 0.25) is 0 Å². The van der Waals surface area contributed by atoms with E-state index >= 15 is 0 Å². The molecule has 0 aliphatic rings. The summed E-state index contributed by atoms with van der Waals surface area (Å²) in [5.41, 5.74) is 8.46. The van der Waals surface area contributed by atoms with Crippen LogP contribution in [-0.4, -0.2) is 28.5 Å². The molecule has 0 atom stereocenters. The summed E-state index contributed by atoms with van der Waals surface area (Å²) in [6.45, 7) is 3.30. The Morgan fingerprint density at radius 3 is 3.11 bits per heavy atom. The third-order valence-electron chi connectivity index (χ3n) is 2.63. The number of aryl methyl sites for hydroxylation is 1. The number of aromatic nitrogens is 3. The number of nitrogens with one attached hydrogen (secondary N) is 1. The predicted molar refractivity (Wildman–Crippen MR) is 70.8 cm³/mol. The Hall–Kier alpha value is -2.08. The zero-order valence-corrected chi connectivity index (χ0v) is 10.6. The molecule has 2 aromatic heterocycles. The zero-order chi connectivity index (χ0) is 13.0. The normalized spacial score (nSPS) is 10.6. The lowest BCUT2D eigenvalue weighted by molar-refractivity contribution is 0.183. The van der Waals surface area contributed by atoms with Gasteiger partial charge >= 0.3 is 0 Å². The van der Waals surface area contributed by atoms with Crippen LogP contribution < -0.4 is 11.1 Å². The molecule has 2 heterocycles. The maximum Gasteiger partial charge on any atom is 0.153 e. The predicted octanol–water partition coefficient (Wildman–Crippen LogP) is 1.56. The Morgan fingerprint density at radius 1 is 1.50 bits per heavy atom. The van der Waals surface area contributed by atoms with E-state index in [1.165, 1.54) is 0 Å². The molecular formula is C12H17N5O. The molecule has 0 bridgehead atoms. The van der Waals surface area contributed by atoms with Crippen molar-refractivity contribution >= 4 is 17.2 Å². The number of pyridine rings is 1. The van der Waals surface area contributed by atoms with Crippen molar-refractivity contribution in [1.82, 2.24) is 14.8 Å². The fraction of sp³-hybridized carbons (Fsp3) is 0.333. The highest BCUT2D eigenvalue weighted by Crippen LogP contribution is 2.22. The number of nitrogen functional groups attached to an aromatic ring is 1. The fourth-order valence-corrected chi connectivity index (χ4v) is 1.54. The van der Waals surface area contributed by atoms with Crippen LogP contribution in [0.1, 0.15) is 5.56 Å². The van der Waals surface area contributed by atoms with Crippen LogP contribution in [0.3, 0.4) is 0 Å². The Kier molecular flexibility index (Phi) is 3.78. The Bertz CT molecular complexity index is 523. The number of hydrogen-bond acceptors (Lipinski definition) is 5. The maximum atomic E-state index is 5.95. The van der Waals surface area contributed by atoms with Crippen LogP contribution >= 0.6 is 0 Å². The summed E-state index contributed by atoms with van der Waals surface area (Å²) in [5, 5.41) is 7.36. The van der Waals surface area contributed by atoms with Crippen molar-refractivity contribution in [3.8, 4) is 0 Å². The largest absolute Gasteiger partial charge is 0.396 e. The highest BCUT2D eigenvalue weighted by molar-refractivity contribution is 5.70. The summed E-state index contributed by atoms with van der Waals surface area (Å²) in [6.07, 6.45) is 5.35. The minimum atomic E-state index is 0.631. The van der Waals surface area contributed by atoms with E-state index in [1.54, 1.807) is 24.2 Å². The molecule has 6 heteroatoms. The molecule has 0 spiro atoms. The third kappa shape index (κ3) is 2.78. The summed E-state index contributed by atoms with van der Waals surface area (Å²) < 4.78 is 6.80. The van der Waals surface area contributed by atoms with Gasteiger partial charge < -0.3 is 15.8 Å². The lowest BCUT2D eigenvalue weighted by atomic mass is 10.2. The highest BCUT2D eigenvalue weighted by atomic mass is 16.5. The standard InChI is InChI=1S/C12H17N5O/c1-9-3-4-14-12(11(9)13)16-10-7-15-17(8-10)5-6-18-2/h3-4,7-8H,5-6,13H2,1-2H3,(H,14,16). The van der Waals surface area contributed by atoms with E-state index in [0.29, 0.717) is 18.1 Å². The smallest absolute Gasteiger partial charge is 0.153 e. The van der Waals surface area contributed by atoms with Crippen LogP contribution in [0.15, 0.2) is 24.7 Å². The molecule has 6 nitrogen and oxygen atoms in total. The van der Waals surface area contributed by atoms with Crippen molar-refractivity contribution in [3.05, 3.63) is 30.2 Å². The lowest BCUT2D eigenvalue weighted by Crippen LogP contribution is -2.04. The molecule has 0 aromatic carbocycles. The molecule has 2 aromatic rings. The molecule has 2 rings (SSSR count). The second kappa shape index (κ2) is 5.50. The first kappa shape index (κ1) is 12.4. The SMILES string of the molecule is COCCn1cc(Nc2nccc(C)c2N)cn1. The van der Waals surface area contributed by atoms with E-state index in [-0.39, 0.29) is 0 Å². The number of hydrogen-bond donors (Lipinski definition) is 2. The van der Waals surface area contributed by atoms with Crippen molar-refractivity contribution in [1.29, 1.82) is 0 Å². The van der Waals surface area contributed by atoms with Crippen molar-refractivity contribution in [2.24, 2.45) is 0 Å². The van der Waals surface area contributed by atoms with E-state index in [1.807, 2.05) is 19.2 Å². The van der Waals surface area contributed by atoms with E-state index in [9.17, 15) is 0 Å². The van der Waals surface area contributed by atoms with Gasteiger partial charge in [0, 0.05) is 19.5 Å². The maximum absolute atomic E-state index is 5.95. The molecule has 0 fully saturated rings. The van der Waals surface area contributed by atoms with Gasteiger partial charge in [0.25, 0.3) is 0 Å². The topological polar surface area (TPSA) is 78.0 Å². The molecule has 0 unspecified atom stereocenters. The molecule has 0 aliphatic carbocycles. The van der Waals surface area contributed by atoms with Crippen molar-refractivity contribution < 1.29 is 4.74 Å². The summed E-state index contributed by atoms with van der Waals surface area (Å²) in [6, 6.07) is 1.88. The first-order valence-electron chi connectivity index (χ1n) is 5.70. The monoisotopic (exact) mass is 247 g/mol. The van der Waals surface area contributed by atoms with Gasteiger partial charge in [-0.1, -0.05) is 0 Å². The molecule has 3 N–H and O–H groups in total. The first-order valence-corrected chi connectivity index (χ1v) is 5.70. The third-order valence-corrected chi connectivity index (χ3v) is 2.63. The van der Waals surface area contributed by atoms with Gasteiger partial charge in [-0.3, -0.25) is 4.68 Å². The average molecular weight is 247 g/mol. The number of nitrogens with zero attached hydrogens (tertiary/aromatic N) is 3. The number of anilines is 3. The van der Waals surface area contributed by atoms with Gasteiger partial charge in [0.05, 0.1) is 30.7 Å². The molecule has 0 amide bonds. The number of methoxy groups -OCH3 is 1. The van der Waals surface area contributed by atoms with Gasteiger partial charge in [-0.2, -0.15) is 5.10 Å². The number of ether oxygens (including phenoxy) is 1. The quantitative estimate of drug-likeness (QED) is 0.838. The molecular weight excluding hydrogens is 230 g/mol. The summed E-state index contributed by atoms with van der Waals surface area (Å²) in [7, 11) is 1.67. The second-order valence-corrected chi connectivity index (χ2v) is 4.00. The summed E-state index contributed by atoms with van der Waals surface area (Å²) >= 11 is 0. The van der Waals surface area contributed by atoms with E-state index < -0.39 is 0 Å². The van der Waals surface area contributed by atoms with Gasteiger partial charge in [0.1, 0.15) is 0 Å². The van der Waals surface area contributed by atoms with Gasteiger partial charge in [0.2, 0.25) is 0 Å². The van der Waals surface area contributed by atoms with E-state index in [0.717, 1.165) is 17.8 Å². The van der Waals surface area contributed by atoms with Crippen LogP contribution in [0.5, 0.6) is 0 Å². The number of rotatable bonds is 5. The Morgan fingerprint density at radius 2 is 2.33 bits per heavy atom. The fourth-order valence-electron chi connectivity index (χ4n) is 1.54. The second-order valence-electron chi connectivity index (χ2n) is 4.00. The number of nitrogens with two attached hydrogens (primary N) is 1. The van der Waals surface area contributed by atoms with Crippen molar-refractivity contribution in [3.63, 3.8) is 0 Å². The summed E-state index contributed by atoms with van der Waals surface area (Å²) in [4.78, 5) is 4.21. The zero-order valence-electron chi connectivity index (χ0n) is 10.6. The highest BCUT2D eigenvalue weighted by Gasteiger charge is 2.05. The van der Waals surface area contributed by atoms with Crippen LogP contribution in [-0.2, 0) is 11.3 Å². The Labute approximate surface area is 106 Å². The molecule has 18 heavy (non-hydrogen) atoms. The van der Waals surface area contributed by atoms with Crippen LogP contribution in [0.25, 0.3) is 0 Å². The Balaban J connectivity index is 2.09.